The minimum absolute atomic E-state index is 0.0180. The van der Waals surface area contributed by atoms with Crippen LogP contribution in [-0.2, 0) is 4.79 Å². The van der Waals surface area contributed by atoms with Gasteiger partial charge in [-0.15, -0.1) is 0 Å². The topological polar surface area (TPSA) is 59.2 Å². The van der Waals surface area contributed by atoms with Gasteiger partial charge in [-0.05, 0) is 19.3 Å². The van der Waals surface area contributed by atoms with Crippen molar-refractivity contribution in [3.8, 4) is 5.75 Å². The summed E-state index contributed by atoms with van der Waals surface area (Å²) in [6.07, 6.45) is 1.13. The van der Waals surface area contributed by atoms with E-state index in [4.69, 9.17) is 4.74 Å². The summed E-state index contributed by atoms with van der Waals surface area (Å²) in [6, 6.07) is 1.72. The van der Waals surface area contributed by atoms with Crippen molar-refractivity contribution in [2.24, 2.45) is 5.92 Å². The number of fused-ring (bicyclic) bond motifs is 1. The molecule has 0 aromatic carbocycles. The molecule has 0 spiro atoms. The van der Waals surface area contributed by atoms with Crippen molar-refractivity contribution in [3.63, 3.8) is 0 Å². The standard InChI is InChI=1S/C13H17NO3/c1-7(2)4-9-6-11(15)17-10-5-8(3)14-13(16)12(9)10/h5,7,9H,4,6H2,1-3H3,(H,14,16)/t9-/m1/s1. The molecule has 1 aromatic heterocycles. The summed E-state index contributed by atoms with van der Waals surface area (Å²) < 4.78 is 5.15. The number of ether oxygens (including phenoxy) is 1. The van der Waals surface area contributed by atoms with Gasteiger partial charge in [0.15, 0.2) is 0 Å². The quantitative estimate of drug-likeness (QED) is 0.799. The Morgan fingerprint density at radius 2 is 2.18 bits per heavy atom. The fourth-order valence-electron chi connectivity index (χ4n) is 2.38. The number of aromatic nitrogens is 1. The molecule has 4 nitrogen and oxygen atoms in total. The van der Waals surface area contributed by atoms with Crippen LogP contribution in [-0.4, -0.2) is 11.0 Å². The van der Waals surface area contributed by atoms with Gasteiger partial charge in [-0.3, -0.25) is 9.59 Å². The molecule has 0 bridgehead atoms. The van der Waals surface area contributed by atoms with Crippen molar-refractivity contribution in [1.29, 1.82) is 0 Å². The number of hydrogen-bond acceptors (Lipinski definition) is 3. The predicted molar refractivity (Wildman–Crippen MR) is 64.2 cm³/mol. The molecule has 0 saturated heterocycles. The lowest BCUT2D eigenvalue weighted by molar-refractivity contribution is -0.136. The van der Waals surface area contributed by atoms with E-state index < -0.39 is 0 Å². The van der Waals surface area contributed by atoms with Gasteiger partial charge in [0.05, 0.1) is 12.0 Å². The molecular formula is C13H17NO3. The van der Waals surface area contributed by atoms with Crippen LogP contribution in [0, 0.1) is 12.8 Å². The molecule has 0 fully saturated rings. The third kappa shape index (κ3) is 2.40. The molecule has 1 atom stereocenters. The summed E-state index contributed by atoms with van der Waals surface area (Å²) in [5.74, 6) is 0.622. The summed E-state index contributed by atoms with van der Waals surface area (Å²) in [6.45, 7) is 5.95. The van der Waals surface area contributed by atoms with Crippen LogP contribution in [0.25, 0.3) is 0 Å². The number of aromatic amines is 1. The van der Waals surface area contributed by atoms with Gasteiger partial charge in [0.2, 0.25) is 0 Å². The van der Waals surface area contributed by atoms with Crippen LogP contribution in [0.5, 0.6) is 5.75 Å². The van der Waals surface area contributed by atoms with Gasteiger partial charge in [0.1, 0.15) is 5.75 Å². The first-order valence-electron chi connectivity index (χ1n) is 5.92. The van der Waals surface area contributed by atoms with Gasteiger partial charge < -0.3 is 9.72 Å². The second-order valence-electron chi connectivity index (χ2n) is 5.06. The van der Waals surface area contributed by atoms with Crippen LogP contribution in [0.15, 0.2) is 10.9 Å². The van der Waals surface area contributed by atoms with E-state index in [0.717, 1.165) is 6.42 Å². The van der Waals surface area contributed by atoms with Crippen LogP contribution in [0.4, 0.5) is 0 Å². The molecule has 1 aliphatic heterocycles. The van der Waals surface area contributed by atoms with E-state index in [1.54, 1.807) is 13.0 Å². The van der Waals surface area contributed by atoms with Gasteiger partial charge in [-0.2, -0.15) is 0 Å². The third-order valence-corrected chi connectivity index (χ3v) is 2.97. The number of pyridine rings is 1. The fourth-order valence-corrected chi connectivity index (χ4v) is 2.38. The number of nitrogens with one attached hydrogen (secondary N) is 1. The fraction of sp³-hybridized carbons (Fsp3) is 0.538. The lowest BCUT2D eigenvalue weighted by Gasteiger charge is -2.24. The van der Waals surface area contributed by atoms with Gasteiger partial charge in [-0.1, -0.05) is 13.8 Å². The maximum absolute atomic E-state index is 11.9. The maximum Gasteiger partial charge on any atom is 0.311 e. The maximum atomic E-state index is 11.9. The zero-order chi connectivity index (χ0) is 12.6. The van der Waals surface area contributed by atoms with Crippen LogP contribution >= 0.6 is 0 Å². The zero-order valence-electron chi connectivity index (χ0n) is 10.4. The number of rotatable bonds is 2. The molecule has 0 unspecified atom stereocenters. The molecule has 4 heteroatoms. The van der Waals surface area contributed by atoms with Gasteiger partial charge in [0.25, 0.3) is 5.56 Å². The van der Waals surface area contributed by atoms with Crippen LogP contribution < -0.4 is 10.3 Å². The Balaban J connectivity index is 2.48. The Morgan fingerprint density at radius 1 is 1.47 bits per heavy atom. The smallest absolute Gasteiger partial charge is 0.311 e. The first kappa shape index (κ1) is 11.9. The lowest BCUT2D eigenvalue weighted by atomic mass is 9.86. The van der Waals surface area contributed by atoms with E-state index in [2.05, 4.69) is 18.8 Å². The first-order valence-corrected chi connectivity index (χ1v) is 5.92. The number of carbonyl (C=O) groups is 1. The number of hydrogen-bond donors (Lipinski definition) is 1. The predicted octanol–water partition coefficient (Wildman–Crippen LogP) is 2.12. The molecule has 1 aliphatic rings. The third-order valence-electron chi connectivity index (χ3n) is 2.97. The van der Waals surface area contributed by atoms with E-state index in [1.807, 2.05) is 0 Å². The van der Waals surface area contributed by atoms with E-state index in [-0.39, 0.29) is 17.4 Å². The summed E-state index contributed by atoms with van der Waals surface area (Å²) in [7, 11) is 0. The molecule has 2 heterocycles. The van der Waals surface area contributed by atoms with Crippen molar-refractivity contribution in [2.45, 2.75) is 39.5 Å². The van der Waals surface area contributed by atoms with E-state index >= 15 is 0 Å². The van der Waals surface area contributed by atoms with E-state index in [0.29, 0.717) is 29.3 Å². The minimum Gasteiger partial charge on any atom is -0.426 e. The normalized spacial score (nSPS) is 19.1. The largest absolute Gasteiger partial charge is 0.426 e. The molecule has 0 amide bonds. The Morgan fingerprint density at radius 3 is 2.82 bits per heavy atom. The number of H-pyrrole nitrogens is 1. The highest BCUT2D eigenvalue weighted by atomic mass is 16.5. The molecule has 0 saturated carbocycles. The number of esters is 1. The van der Waals surface area contributed by atoms with Crippen molar-refractivity contribution in [2.75, 3.05) is 0 Å². The second kappa shape index (κ2) is 4.35. The van der Waals surface area contributed by atoms with E-state index in [9.17, 15) is 9.59 Å². The van der Waals surface area contributed by atoms with Gasteiger partial charge in [-0.25, -0.2) is 0 Å². The number of carbonyl (C=O) groups excluding carboxylic acids is 1. The summed E-state index contributed by atoms with van der Waals surface area (Å²) in [5, 5.41) is 0. The highest BCUT2D eigenvalue weighted by Gasteiger charge is 2.30. The monoisotopic (exact) mass is 235 g/mol. The Bertz CT molecular complexity index is 502. The van der Waals surface area contributed by atoms with Gasteiger partial charge in [0, 0.05) is 17.7 Å². The minimum atomic E-state index is -0.242. The summed E-state index contributed by atoms with van der Waals surface area (Å²) in [4.78, 5) is 26.2. The average Bonchev–Trinajstić information content (AvgIpc) is 2.13. The second-order valence-corrected chi connectivity index (χ2v) is 5.06. The van der Waals surface area contributed by atoms with Crippen molar-refractivity contribution < 1.29 is 9.53 Å². The van der Waals surface area contributed by atoms with Crippen molar-refractivity contribution in [3.05, 3.63) is 27.7 Å². The molecule has 0 aliphatic carbocycles. The average molecular weight is 235 g/mol. The number of aryl methyl sites for hydroxylation is 1. The first-order chi connectivity index (χ1) is 7.97. The van der Waals surface area contributed by atoms with Crippen LogP contribution in [0.3, 0.4) is 0 Å². The molecular weight excluding hydrogens is 218 g/mol. The summed E-state index contributed by atoms with van der Waals surface area (Å²) >= 11 is 0. The van der Waals surface area contributed by atoms with Crippen LogP contribution in [0.2, 0.25) is 0 Å². The zero-order valence-corrected chi connectivity index (χ0v) is 10.4. The Kier molecular flexibility index (Phi) is 3.05. The highest BCUT2D eigenvalue weighted by Crippen LogP contribution is 2.35. The molecule has 1 aromatic rings. The van der Waals surface area contributed by atoms with Crippen molar-refractivity contribution >= 4 is 5.97 Å². The molecule has 1 N–H and O–H groups in total. The van der Waals surface area contributed by atoms with Crippen molar-refractivity contribution in [1.82, 2.24) is 4.98 Å². The SMILES string of the molecule is Cc1cc2c(c(=O)[nH]1)[C@H](CC(C)C)CC(=O)O2. The lowest BCUT2D eigenvalue weighted by Crippen LogP contribution is -2.28. The molecule has 17 heavy (non-hydrogen) atoms. The van der Waals surface area contributed by atoms with Crippen LogP contribution in [0.1, 0.15) is 43.9 Å². The highest BCUT2D eigenvalue weighted by molar-refractivity contribution is 5.76. The van der Waals surface area contributed by atoms with Gasteiger partial charge >= 0.3 is 5.97 Å². The molecule has 92 valence electrons. The summed E-state index contributed by atoms with van der Waals surface area (Å²) in [5.41, 5.74) is 1.22. The molecule has 0 radical (unpaired) electrons. The Labute approximate surface area is 100 Å². The molecule has 2 rings (SSSR count). The Hall–Kier alpha value is -1.58. The van der Waals surface area contributed by atoms with E-state index in [1.165, 1.54) is 0 Å².